The van der Waals surface area contributed by atoms with Crippen LogP contribution in [0.25, 0.3) is 0 Å². The normalized spacial score (nSPS) is 17.6. The van der Waals surface area contributed by atoms with Crippen LogP contribution in [0.1, 0.15) is 36.0 Å². The van der Waals surface area contributed by atoms with Crippen LogP contribution in [0.4, 0.5) is 0 Å². The molecule has 0 atom stereocenters. The molecule has 4 heteroatoms. The highest BCUT2D eigenvalue weighted by Gasteiger charge is 2.18. The number of hydrogen-bond acceptors (Lipinski definition) is 3. The summed E-state index contributed by atoms with van der Waals surface area (Å²) in [6.45, 7) is 3.71. The fourth-order valence-corrected chi connectivity index (χ4v) is 2.22. The molecule has 1 aromatic rings. The monoisotopic (exact) mass is 240 g/mol. The van der Waals surface area contributed by atoms with Gasteiger partial charge < -0.3 is 4.74 Å². The molecule has 88 valence electrons. The first-order valence-electron chi connectivity index (χ1n) is 5.78. The van der Waals surface area contributed by atoms with Crippen LogP contribution in [0.5, 0.6) is 0 Å². The van der Waals surface area contributed by atoms with Gasteiger partial charge >= 0.3 is 0 Å². The van der Waals surface area contributed by atoms with Crippen molar-refractivity contribution >= 4 is 11.6 Å². The Kier molecular flexibility index (Phi) is 4.13. The van der Waals surface area contributed by atoms with Gasteiger partial charge in [-0.25, -0.2) is 9.97 Å². The fourth-order valence-electron chi connectivity index (χ4n) is 2.05. The van der Waals surface area contributed by atoms with E-state index in [2.05, 4.69) is 16.0 Å². The molecular formula is C12H17ClN2O. The largest absolute Gasteiger partial charge is 0.381 e. The van der Waals surface area contributed by atoms with E-state index in [1.807, 2.05) is 6.92 Å². The highest BCUT2D eigenvalue weighted by atomic mass is 35.5. The lowest BCUT2D eigenvalue weighted by Gasteiger charge is -2.22. The number of hydrogen-bond donors (Lipinski definition) is 0. The van der Waals surface area contributed by atoms with Crippen molar-refractivity contribution in [2.75, 3.05) is 19.1 Å². The molecule has 0 aromatic carbocycles. The number of aromatic nitrogens is 2. The number of aryl methyl sites for hydroxylation is 2. The van der Waals surface area contributed by atoms with E-state index in [-0.39, 0.29) is 0 Å². The highest BCUT2D eigenvalue weighted by molar-refractivity contribution is 6.17. The Hall–Kier alpha value is -0.670. The van der Waals surface area contributed by atoms with Crippen molar-refractivity contribution < 1.29 is 4.74 Å². The SMILES string of the molecule is Cc1cc(C2CCOCC2)nc(CCCl)n1. The lowest BCUT2D eigenvalue weighted by molar-refractivity contribution is 0.0844. The van der Waals surface area contributed by atoms with E-state index in [1.54, 1.807) is 0 Å². The van der Waals surface area contributed by atoms with Gasteiger partial charge in [0, 0.05) is 42.8 Å². The van der Waals surface area contributed by atoms with Gasteiger partial charge in [-0.1, -0.05) is 0 Å². The minimum absolute atomic E-state index is 0.532. The summed E-state index contributed by atoms with van der Waals surface area (Å²) in [6.07, 6.45) is 2.88. The summed E-state index contributed by atoms with van der Waals surface area (Å²) in [5.41, 5.74) is 2.20. The maximum Gasteiger partial charge on any atom is 0.130 e. The predicted octanol–water partition coefficient (Wildman–Crippen LogP) is 2.46. The minimum Gasteiger partial charge on any atom is -0.381 e. The number of nitrogens with zero attached hydrogens (tertiary/aromatic N) is 2. The summed E-state index contributed by atoms with van der Waals surface area (Å²) < 4.78 is 5.36. The first-order chi connectivity index (χ1) is 7.79. The van der Waals surface area contributed by atoms with Crippen molar-refractivity contribution in [3.63, 3.8) is 0 Å². The number of alkyl halides is 1. The summed E-state index contributed by atoms with van der Waals surface area (Å²) in [5.74, 6) is 1.98. The fraction of sp³-hybridized carbons (Fsp3) is 0.667. The van der Waals surface area contributed by atoms with Crippen molar-refractivity contribution in [2.24, 2.45) is 0 Å². The molecular weight excluding hydrogens is 224 g/mol. The molecule has 1 saturated heterocycles. The molecule has 0 spiro atoms. The van der Waals surface area contributed by atoms with Crippen molar-refractivity contribution in [3.8, 4) is 0 Å². The Morgan fingerprint density at radius 2 is 2.12 bits per heavy atom. The summed E-state index contributed by atoms with van der Waals surface area (Å²) in [6, 6.07) is 2.09. The summed E-state index contributed by atoms with van der Waals surface area (Å²) in [4.78, 5) is 8.99. The molecule has 0 radical (unpaired) electrons. The molecule has 0 unspecified atom stereocenters. The topological polar surface area (TPSA) is 35.0 Å². The van der Waals surface area contributed by atoms with Gasteiger partial charge in [0.2, 0.25) is 0 Å². The molecule has 1 aromatic heterocycles. The molecule has 3 nitrogen and oxygen atoms in total. The second-order valence-electron chi connectivity index (χ2n) is 4.18. The van der Waals surface area contributed by atoms with Crippen LogP contribution in [0.2, 0.25) is 0 Å². The van der Waals surface area contributed by atoms with Crippen molar-refractivity contribution in [1.82, 2.24) is 9.97 Å². The summed E-state index contributed by atoms with van der Waals surface area (Å²) >= 11 is 5.73. The van der Waals surface area contributed by atoms with Crippen molar-refractivity contribution in [1.29, 1.82) is 0 Å². The molecule has 2 rings (SSSR count). The highest BCUT2D eigenvalue weighted by Crippen LogP contribution is 2.25. The minimum atomic E-state index is 0.532. The lowest BCUT2D eigenvalue weighted by atomic mass is 9.96. The standard InChI is InChI=1S/C12H17ClN2O/c1-9-8-11(10-3-6-16-7-4-10)15-12(14-9)2-5-13/h8,10H,2-7H2,1H3. The quantitative estimate of drug-likeness (QED) is 0.762. The molecule has 0 saturated carbocycles. The van der Waals surface area contributed by atoms with Crippen LogP contribution < -0.4 is 0 Å². The van der Waals surface area contributed by atoms with Gasteiger partial charge in [0.25, 0.3) is 0 Å². The second kappa shape index (κ2) is 5.60. The maximum atomic E-state index is 5.73. The Morgan fingerprint density at radius 1 is 1.38 bits per heavy atom. The first-order valence-corrected chi connectivity index (χ1v) is 6.31. The van der Waals surface area contributed by atoms with Crippen LogP contribution in [-0.2, 0) is 11.2 Å². The van der Waals surface area contributed by atoms with Crippen LogP contribution >= 0.6 is 11.6 Å². The Balaban J connectivity index is 2.18. The van der Waals surface area contributed by atoms with Gasteiger partial charge in [0.05, 0.1) is 0 Å². The third-order valence-electron chi connectivity index (χ3n) is 2.88. The number of ether oxygens (including phenoxy) is 1. The third kappa shape index (κ3) is 2.92. The Morgan fingerprint density at radius 3 is 2.81 bits per heavy atom. The molecule has 0 amide bonds. The predicted molar refractivity (Wildman–Crippen MR) is 64.0 cm³/mol. The molecule has 0 aliphatic carbocycles. The maximum absolute atomic E-state index is 5.73. The average Bonchev–Trinajstić information content (AvgIpc) is 2.30. The van der Waals surface area contributed by atoms with Gasteiger partial charge in [0.15, 0.2) is 0 Å². The lowest BCUT2D eigenvalue weighted by Crippen LogP contribution is -2.16. The van der Waals surface area contributed by atoms with E-state index in [0.29, 0.717) is 11.8 Å². The van der Waals surface area contributed by atoms with Crippen LogP contribution in [0, 0.1) is 6.92 Å². The smallest absolute Gasteiger partial charge is 0.130 e. The molecule has 2 heterocycles. The molecule has 0 bridgehead atoms. The van der Waals surface area contributed by atoms with Crippen LogP contribution in [-0.4, -0.2) is 29.1 Å². The molecule has 16 heavy (non-hydrogen) atoms. The van der Waals surface area contributed by atoms with Crippen molar-refractivity contribution in [3.05, 3.63) is 23.3 Å². The molecule has 1 fully saturated rings. The van der Waals surface area contributed by atoms with Gasteiger partial charge in [-0.05, 0) is 25.8 Å². The molecule has 0 N–H and O–H groups in total. The third-order valence-corrected chi connectivity index (χ3v) is 3.07. The van der Waals surface area contributed by atoms with E-state index in [0.717, 1.165) is 49.7 Å². The Bertz CT molecular complexity index is 351. The van der Waals surface area contributed by atoms with E-state index < -0.39 is 0 Å². The zero-order valence-electron chi connectivity index (χ0n) is 9.58. The summed E-state index contributed by atoms with van der Waals surface area (Å²) in [5, 5.41) is 0. The molecule has 1 aliphatic heterocycles. The summed E-state index contributed by atoms with van der Waals surface area (Å²) in [7, 11) is 0. The Labute approximate surface area is 101 Å². The van der Waals surface area contributed by atoms with Gasteiger partial charge in [-0.2, -0.15) is 0 Å². The van der Waals surface area contributed by atoms with Gasteiger partial charge in [-0.3, -0.25) is 0 Å². The average molecular weight is 241 g/mol. The van der Waals surface area contributed by atoms with Crippen LogP contribution in [0.3, 0.4) is 0 Å². The number of halogens is 1. The van der Waals surface area contributed by atoms with Gasteiger partial charge in [0.1, 0.15) is 5.82 Å². The second-order valence-corrected chi connectivity index (χ2v) is 4.55. The van der Waals surface area contributed by atoms with Gasteiger partial charge in [-0.15, -0.1) is 11.6 Å². The van der Waals surface area contributed by atoms with E-state index in [1.165, 1.54) is 0 Å². The van der Waals surface area contributed by atoms with Crippen molar-refractivity contribution in [2.45, 2.75) is 32.1 Å². The van der Waals surface area contributed by atoms with E-state index >= 15 is 0 Å². The molecule has 1 aliphatic rings. The van der Waals surface area contributed by atoms with E-state index in [4.69, 9.17) is 16.3 Å². The zero-order chi connectivity index (χ0) is 11.4. The van der Waals surface area contributed by atoms with E-state index in [9.17, 15) is 0 Å². The zero-order valence-corrected chi connectivity index (χ0v) is 10.3. The number of rotatable bonds is 3. The first kappa shape index (κ1) is 11.8. The van der Waals surface area contributed by atoms with Crippen LogP contribution in [0.15, 0.2) is 6.07 Å².